The number of anilines is 1. The van der Waals surface area contributed by atoms with E-state index in [0.29, 0.717) is 15.6 Å². The van der Waals surface area contributed by atoms with Gasteiger partial charge in [-0.25, -0.2) is 18.4 Å². The molecule has 1 fully saturated rings. The average Bonchev–Trinajstić information content (AvgIpc) is 3.26. The summed E-state index contributed by atoms with van der Waals surface area (Å²) in [5.41, 5.74) is 0.662. The number of nitrogens with zero attached hydrogens (tertiary/aromatic N) is 4. The van der Waals surface area contributed by atoms with Gasteiger partial charge in [0.1, 0.15) is 18.0 Å². The van der Waals surface area contributed by atoms with Gasteiger partial charge in [-0.1, -0.05) is 0 Å². The van der Waals surface area contributed by atoms with Crippen molar-refractivity contribution >= 4 is 21.8 Å². The third kappa shape index (κ3) is 3.15. The molecule has 0 atom stereocenters. The smallest absolute Gasteiger partial charge is 0.326 e. The number of nitriles is 1. The number of amides is 1. The Balaban J connectivity index is 1.76. The molecular weight excluding hydrogens is 401 g/mol. The zero-order chi connectivity index (χ0) is 20.8. The fraction of sp³-hybridized carbons (Fsp3) is 0.0556. The maximum absolute atomic E-state index is 15.2. The summed E-state index contributed by atoms with van der Waals surface area (Å²) < 4.78 is 43.0. The Kier molecular flexibility index (Phi) is 4.20. The van der Waals surface area contributed by atoms with Gasteiger partial charge in [0, 0.05) is 17.4 Å². The highest BCUT2D eigenvalue weighted by Crippen LogP contribution is 2.38. The van der Waals surface area contributed by atoms with E-state index in [1.807, 2.05) is 6.07 Å². The Hall–Kier alpha value is -3.91. The average molecular weight is 413 g/mol. The van der Waals surface area contributed by atoms with Gasteiger partial charge in [-0.05, 0) is 36.4 Å². The van der Waals surface area contributed by atoms with Gasteiger partial charge in [0.25, 0.3) is 5.91 Å². The standard InChI is InChI=1S/C18H12FN5O4S/c19-17-13(5-6-15(25)18(17)24-9-16(26)22-29(24,27)28)14-8-23(10-21-14)12-3-1-11(7-20)2-4-12/h1-6,8,10,25H,9H2,(H,22,26). The highest BCUT2D eigenvalue weighted by atomic mass is 32.2. The molecule has 1 amide bonds. The van der Waals surface area contributed by atoms with Crippen molar-refractivity contribution in [1.29, 1.82) is 5.26 Å². The molecule has 2 aromatic carbocycles. The third-order valence-electron chi connectivity index (χ3n) is 4.32. The second-order valence-electron chi connectivity index (χ2n) is 6.16. The number of carbonyl (C=O) groups is 1. The third-order valence-corrected chi connectivity index (χ3v) is 5.70. The van der Waals surface area contributed by atoms with Crippen LogP contribution in [0.25, 0.3) is 16.9 Å². The maximum Gasteiger partial charge on any atom is 0.326 e. The number of imidazole rings is 1. The largest absolute Gasteiger partial charge is 0.506 e. The summed E-state index contributed by atoms with van der Waals surface area (Å²) in [6.07, 6.45) is 2.95. The van der Waals surface area contributed by atoms with E-state index in [1.54, 1.807) is 33.6 Å². The monoisotopic (exact) mass is 413 g/mol. The van der Waals surface area contributed by atoms with Gasteiger partial charge in [-0.2, -0.15) is 13.7 Å². The lowest BCUT2D eigenvalue weighted by atomic mass is 10.1. The van der Waals surface area contributed by atoms with E-state index in [9.17, 15) is 18.3 Å². The van der Waals surface area contributed by atoms with Crippen LogP contribution in [0.15, 0.2) is 48.9 Å². The van der Waals surface area contributed by atoms with Gasteiger partial charge in [0.05, 0.1) is 23.7 Å². The number of aromatic hydroxyl groups is 1. The molecule has 0 aliphatic carbocycles. The SMILES string of the molecule is N#Cc1ccc(-n2cnc(-c3ccc(O)c(N4CC(=O)NS4(=O)=O)c3F)c2)cc1. The van der Waals surface area contributed by atoms with Crippen molar-refractivity contribution in [1.82, 2.24) is 14.3 Å². The minimum absolute atomic E-state index is 0.0558. The Morgan fingerprint density at radius 3 is 2.55 bits per heavy atom. The number of aromatic nitrogens is 2. The van der Waals surface area contributed by atoms with Crippen LogP contribution in [0, 0.1) is 17.1 Å². The van der Waals surface area contributed by atoms with Crippen LogP contribution in [0.3, 0.4) is 0 Å². The molecule has 1 saturated heterocycles. The number of phenolic OH excluding ortho intramolecular Hbond substituents is 1. The molecule has 2 N–H and O–H groups in total. The minimum Gasteiger partial charge on any atom is -0.506 e. The number of hydrogen-bond donors (Lipinski definition) is 2. The molecule has 0 radical (unpaired) electrons. The van der Waals surface area contributed by atoms with E-state index >= 15 is 4.39 Å². The zero-order valence-electron chi connectivity index (χ0n) is 14.6. The summed E-state index contributed by atoms with van der Waals surface area (Å²) in [5.74, 6) is -2.49. The molecule has 11 heteroatoms. The molecule has 146 valence electrons. The maximum atomic E-state index is 15.2. The van der Waals surface area contributed by atoms with Crippen molar-refractivity contribution in [2.75, 3.05) is 10.8 Å². The highest BCUT2D eigenvalue weighted by molar-refractivity contribution is 7.92. The van der Waals surface area contributed by atoms with Crippen molar-refractivity contribution in [2.45, 2.75) is 0 Å². The molecule has 3 aromatic rings. The highest BCUT2D eigenvalue weighted by Gasteiger charge is 2.38. The van der Waals surface area contributed by atoms with Crippen molar-refractivity contribution in [3.8, 4) is 28.8 Å². The number of phenols is 1. The van der Waals surface area contributed by atoms with Gasteiger partial charge in [-0.15, -0.1) is 0 Å². The molecule has 0 spiro atoms. The van der Waals surface area contributed by atoms with E-state index < -0.39 is 39.9 Å². The minimum atomic E-state index is -4.30. The molecule has 1 aliphatic rings. The Morgan fingerprint density at radius 2 is 1.93 bits per heavy atom. The summed E-state index contributed by atoms with van der Waals surface area (Å²) in [4.78, 5) is 15.6. The number of rotatable bonds is 3. The first-order valence-electron chi connectivity index (χ1n) is 8.20. The fourth-order valence-electron chi connectivity index (χ4n) is 2.95. The molecule has 4 rings (SSSR count). The first kappa shape index (κ1) is 18.5. The Bertz CT molecular complexity index is 1280. The van der Waals surface area contributed by atoms with Gasteiger partial charge in [0.15, 0.2) is 5.82 Å². The molecule has 0 bridgehead atoms. The number of halogens is 1. The molecule has 1 aromatic heterocycles. The van der Waals surface area contributed by atoms with Crippen LogP contribution in [-0.2, 0) is 15.0 Å². The van der Waals surface area contributed by atoms with Crippen LogP contribution in [-0.4, -0.2) is 35.5 Å². The van der Waals surface area contributed by atoms with E-state index in [0.717, 1.165) is 6.07 Å². The van der Waals surface area contributed by atoms with Crippen molar-refractivity contribution in [3.05, 3.63) is 60.3 Å². The Labute approximate surface area is 164 Å². The summed E-state index contributed by atoms with van der Waals surface area (Å²) in [7, 11) is -4.30. The number of nitrogens with one attached hydrogen (secondary N) is 1. The van der Waals surface area contributed by atoms with Crippen LogP contribution >= 0.6 is 0 Å². The quantitative estimate of drug-likeness (QED) is 0.669. The van der Waals surface area contributed by atoms with Crippen LogP contribution in [0.4, 0.5) is 10.1 Å². The van der Waals surface area contributed by atoms with Crippen molar-refractivity contribution in [2.24, 2.45) is 0 Å². The summed E-state index contributed by atoms with van der Waals surface area (Å²) in [6, 6.07) is 11.0. The first-order chi connectivity index (χ1) is 13.8. The number of carbonyl (C=O) groups excluding carboxylic acids is 1. The van der Waals surface area contributed by atoms with E-state index in [1.165, 1.54) is 18.6 Å². The summed E-state index contributed by atoms with van der Waals surface area (Å²) in [5, 5.41) is 18.9. The first-order valence-corrected chi connectivity index (χ1v) is 9.64. The van der Waals surface area contributed by atoms with E-state index in [-0.39, 0.29) is 11.3 Å². The van der Waals surface area contributed by atoms with E-state index in [2.05, 4.69) is 4.98 Å². The second-order valence-corrected chi connectivity index (χ2v) is 7.75. The van der Waals surface area contributed by atoms with Gasteiger partial charge in [0.2, 0.25) is 0 Å². The lowest BCUT2D eigenvalue weighted by Crippen LogP contribution is -2.30. The lowest BCUT2D eigenvalue weighted by Gasteiger charge is -2.18. The van der Waals surface area contributed by atoms with Crippen LogP contribution in [0.2, 0.25) is 0 Å². The van der Waals surface area contributed by atoms with Crippen molar-refractivity contribution < 1.29 is 22.7 Å². The number of hydrogen-bond acceptors (Lipinski definition) is 6. The predicted octanol–water partition coefficient (Wildman–Crippen LogP) is 1.44. The molecule has 0 saturated carbocycles. The molecule has 0 unspecified atom stereocenters. The fourth-order valence-corrected chi connectivity index (χ4v) is 4.11. The molecular formula is C18H12FN5O4S. The summed E-state index contributed by atoms with van der Waals surface area (Å²) in [6.45, 7) is -0.643. The topological polar surface area (TPSA) is 128 Å². The summed E-state index contributed by atoms with van der Waals surface area (Å²) >= 11 is 0. The van der Waals surface area contributed by atoms with Crippen LogP contribution in [0.1, 0.15) is 5.56 Å². The molecule has 2 heterocycles. The van der Waals surface area contributed by atoms with Gasteiger partial charge in [-0.3, -0.25) is 4.79 Å². The lowest BCUT2D eigenvalue weighted by molar-refractivity contribution is -0.117. The van der Waals surface area contributed by atoms with Crippen LogP contribution < -0.4 is 9.03 Å². The predicted molar refractivity (Wildman–Crippen MR) is 99.7 cm³/mol. The normalized spacial score (nSPS) is 15.2. The Morgan fingerprint density at radius 1 is 1.21 bits per heavy atom. The van der Waals surface area contributed by atoms with Gasteiger partial charge >= 0.3 is 10.2 Å². The molecule has 29 heavy (non-hydrogen) atoms. The second kappa shape index (κ2) is 6.61. The van der Waals surface area contributed by atoms with Crippen LogP contribution in [0.5, 0.6) is 5.75 Å². The van der Waals surface area contributed by atoms with E-state index in [4.69, 9.17) is 5.26 Å². The molecule has 1 aliphatic heterocycles. The number of benzene rings is 2. The van der Waals surface area contributed by atoms with Crippen molar-refractivity contribution in [3.63, 3.8) is 0 Å². The van der Waals surface area contributed by atoms with Gasteiger partial charge < -0.3 is 9.67 Å². The zero-order valence-corrected chi connectivity index (χ0v) is 15.4. The molecule has 9 nitrogen and oxygen atoms in total.